The van der Waals surface area contributed by atoms with E-state index in [-0.39, 0.29) is 5.91 Å². The van der Waals surface area contributed by atoms with Gasteiger partial charge in [-0.2, -0.15) is 0 Å². The van der Waals surface area contributed by atoms with Gasteiger partial charge in [-0.15, -0.1) is 0 Å². The molecule has 3 rings (SSSR count). The first-order valence-electron chi connectivity index (χ1n) is 8.40. The van der Waals surface area contributed by atoms with Crippen LogP contribution in [-0.4, -0.2) is 31.9 Å². The molecule has 122 valence electrons. The topological polar surface area (TPSA) is 51.0 Å². The SMILES string of the molecule is Cn1ccnc1CN(CC1CCCCC1)C(=O)c1ccccn1. The van der Waals surface area contributed by atoms with Crippen molar-refractivity contribution in [1.82, 2.24) is 19.4 Å². The molecule has 1 aliphatic carbocycles. The second kappa shape index (κ2) is 7.40. The van der Waals surface area contributed by atoms with Crippen molar-refractivity contribution in [3.05, 3.63) is 48.3 Å². The first kappa shape index (κ1) is 15.7. The van der Waals surface area contributed by atoms with E-state index in [0.29, 0.717) is 18.2 Å². The van der Waals surface area contributed by atoms with Crippen LogP contribution in [0.25, 0.3) is 0 Å². The van der Waals surface area contributed by atoms with Gasteiger partial charge in [-0.05, 0) is 30.9 Å². The normalized spacial score (nSPS) is 15.5. The maximum atomic E-state index is 12.9. The standard InChI is InChI=1S/C18H24N4O/c1-21-12-11-20-17(21)14-22(13-15-7-3-2-4-8-15)18(23)16-9-5-6-10-19-16/h5-6,9-12,15H,2-4,7-8,13-14H2,1H3. The van der Waals surface area contributed by atoms with E-state index in [9.17, 15) is 4.79 Å². The summed E-state index contributed by atoms with van der Waals surface area (Å²) in [7, 11) is 1.96. The van der Waals surface area contributed by atoms with E-state index in [4.69, 9.17) is 0 Å². The predicted molar refractivity (Wildman–Crippen MR) is 88.8 cm³/mol. The molecule has 0 radical (unpaired) electrons. The van der Waals surface area contributed by atoms with Crippen LogP contribution in [0.2, 0.25) is 0 Å². The van der Waals surface area contributed by atoms with Gasteiger partial charge in [0, 0.05) is 32.2 Å². The van der Waals surface area contributed by atoms with E-state index in [1.165, 1.54) is 32.1 Å². The molecule has 5 nitrogen and oxygen atoms in total. The molecule has 1 saturated carbocycles. The molecule has 1 fully saturated rings. The molecule has 0 aromatic carbocycles. The number of rotatable bonds is 5. The van der Waals surface area contributed by atoms with E-state index in [1.807, 2.05) is 34.8 Å². The van der Waals surface area contributed by atoms with Gasteiger partial charge >= 0.3 is 0 Å². The van der Waals surface area contributed by atoms with Crippen LogP contribution in [0.4, 0.5) is 0 Å². The van der Waals surface area contributed by atoms with Crippen molar-refractivity contribution in [2.24, 2.45) is 13.0 Å². The minimum absolute atomic E-state index is 0.000765. The molecule has 1 amide bonds. The Kier molecular flexibility index (Phi) is 5.05. The van der Waals surface area contributed by atoms with Gasteiger partial charge in [0.2, 0.25) is 0 Å². The third kappa shape index (κ3) is 3.97. The summed E-state index contributed by atoms with van der Waals surface area (Å²) >= 11 is 0. The number of amides is 1. The Morgan fingerprint density at radius 3 is 2.70 bits per heavy atom. The maximum absolute atomic E-state index is 12.9. The molecule has 5 heteroatoms. The van der Waals surface area contributed by atoms with Gasteiger partial charge in [0.05, 0.1) is 6.54 Å². The number of imidazole rings is 1. The third-order valence-electron chi connectivity index (χ3n) is 4.63. The van der Waals surface area contributed by atoms with Crippen LogP contribution < -0.4 is 0 Å². The van der Waals surface area contributed by atoms with Gasteiger partial charge in [0.25, 0.3) is 5.91 Å². The third-order valence-corrected chi connectivity index (χ3v) is 4.63. The molecular formula is C18H24N4O. The smallest absolute Gasteiger partial charge is 0.272 e. The molecule has 0 bridgehead atoms. The predicted octanol–water partition coefficient (Wildman–Crippen LogP) is 3.04. The molecule has 0 spiro atoms. The number of hydrogen-bond donors (Lipinski definition) is 0. The Labute approximate surface area is 137 Å². The number of carbonyl (C=O) groups is 1. The zero-order valence-electron chi connectivity index (χ0n) is 13.7. The van der Waals surface area contributed by atoms with E-state index < -0.39 is 0 Å². The highest BCUT2D eigenvalue weighted by Crippen LogP contribution is 2.25. The molecular weight excluding hydrogens is 288 g/mol. The fraction of sp³-hybridized carbons (Fsp3) is 0.500. The van der Waals surface area contributed by atoms with Crippen molar-refractivity contribution in [2.45, 2.75) is 38.6 Å². The number of carbonyl (C=O) groups excluding carboxylic acids is 1. The Morgan fingerprint density at radius 2 is 2.04 bits per heavy atom. The second-order valence-electron chi connectivity index (χ2n) is 6.36. The zero-order valence-corrected chi connectivity index (χ0v) is 13.7. The summed E-state index contributed by atoms with van der Waals surface area (Å²) in [6, 6.07) is 5.48. The van der Waals surface area contributed by atoms with Crippen LogP contribution in [0.3, 0.4) is 0 Å². The zero-order chi connectivity index (χ0) is 16.1. The van der Waals surface area contributed by atoms with Crippen molar-refractivity contribution < 1.29 is 4.79 Å². The number of hydrogen-bond acceptors (Lipinski definition) is 3. The summed E-state index contributed by atoms with van der Waals surface area (Å²) in [5, 5.41) is 0. The highest BCUT2D eigenvalue weighted by atomic mass is 16.2. The van der Waals surface area contributed by atoms with Crippen molar-refractivity contribution >= 4 is 5.91 Å². The van der Waals surface area contributed by atoms with Crippen LogP contribution in [0.1, 0.15) is 48.4 Å². The molecule has 0 saturated heterocycles. The minimum atomic E-state index is -0.000765. The lowest BCUT2D eigenvalue weighted by Crippen LogP contribution is -2.36. The maximum Gasteiger partial charge on any atom is 0.272 e. The highest BCUT2D eigenvalue weighted by Gasteiger charge is 2.23. The summed E-state index contributed by atoms with van der Waals surface area (Å²) < 4.78 is 1.97. The summed E-state index contributed by atoms with van der Waals surface area (Å²) in [6.45, 7) is 1.33. The second-order valence-corrected chi connectivity index (χ2v) is 6.36. The Bertz CT molecular complexity index is 631. The number of pyridine rings is 1. The molecule has 1 aliphatic rings. The molecule has 0 N–H and O–H groups in total. The quantitative estimate of drug-likeness (QED) is 0.852. The van der Waals surface area contributed by atoms with Gasteiger partial charge in [0.1, 0.15) is 11.5 Å². The Hall–Kier alpha value is -2.17. The summed E-state index contributed by atoms with van der Waals surface area (Å²) in [5.41, 5.74) is 0.512. The van der Waals surface area contributed by atoms with Crippen LogP contribution in [0, 0.1) is 5.92 Å². The van der Waals surface area contributed by atoms with Gasteiger partial charge in [-0.25, -0.2) is 4.98 Å². The fourth-order valence-corrected chi connectivity index (χ4v) is 3.27. The van der Waals surface area contributed by atoms with Crippen molar-refractivity contribution in [3.8, 4) is 0 Å². The Balaban J connectivity index is 1.77. The monoisotopic (exact) mass is 312 g/mol. The van der Waals surface area contributed by atoms with Crippen LogP contribution >= 0.6 is 0 Å². The summed E-state index contributed by atoms with van der Waals surface area (Å²) in [4.78, 5) is 23.4. The summed E-state index contributed by atoms with van der Waals surface area (Å²) in [6.07, 6.45) is 11.7. The number of nitrogens with zero attached hydrogens (tertiary/aromatic N) is 4. The average Bonchev–Trinajstić information content (AvgIpc) is 3.00. The highest BCUT2D eigenvalue weighted by molar-refractivity contribution is 5.92. The first-order chi connectivity index (χ1) is 11.2. The molecule has 0 unspecified atom stereocenters. The molecule has 23 heavy (non-hydrogen) atoms. The van der Waals surface area contributed by atoms with Gasteiger partial charge < -0.3 is 9.47 Å². The van der Waals surface area contributed by atoms with E-state index in [1.54, 1.807) is 18.5 Å². The largest absolute Gasteiger partial charge is 0.337 e. The van der Waals surface area contributed by atoms with Crippen LogP contribution in [-0.2, 0) is 13.6 Å². The van der Waals surface area contributed by atoms with E-state index in [2.05, 4.69) is 9.97 Å². The van der Waals surface area contributed by atoms with E-state index in [0.717, 1.165) is 12.4 Å². The minimum Gasteiger partial charge on any atom is -0.337 e. The number of aryl methyl sites for hydroxylation is 1. The Morgan fingerprint density at radius 1 is 1.22 bits per heavy atom. The lowest BCUT2D eigenvalue weighted by atomic mass is 9.89. The molecule has 0 atom stereocenters. The lowest BCUT2D eigenvalue weighted by molar-refractivity contribution is 0.0686. The number of aromatic nitrogens is 3. The first-order valence-corrected chi connectivity index (χ1v) is 8.40. The molecule has 2 heterocycles. The van der Waals surface area contributed by atoms with E-state index >= 15 is 0 Å². The van der Waals surface area contributed by atoms with Gasteiger partial charge in [-0.1, -0.05) is 25.3 Å². The van der Waals surface area contributed by atoms with Crippen molar-refractivity contribution in [1.29, 1.82) is 0 Å². The fourth-order valence-electron chi connectivity index (χ4n) is 3.27. The lowest BCUT2D eigenvalue weighted by Gasteiger charge is -2.29. The van der Waals surface area contributed by atoms with Crippen LogP contribution in [0.5, 0.6) is 0 Å². The average molecular weight is 312 g/mol. The summed E-state index contributed by atoms with van der Waals surface area (Å²) in [5.74, 6) is 1.50. The van der Waals surface area contributed by atoms with Gasteiger partial charge in [-0.3, -0.25) is 9.78 Å². The molecule has 2 aromatic rings. The van der Waals surface area contributed by atoms with Crippen molar-refractivity contribution in [2.75, 3.05) is 6.54 Å². The van der Waals surface area contributed by atoms with Crippen LogP contribution in [0.15, 0.2) is 36.8 Å². The molecule has 0 aliphatic heterocycles. The van der Waals surface area contributed by atoms with Crippen molar-refractivity contribution in [3.63, 3.8) is 0 Å². The van der Waals surface area contributed by atoms with Gasteiger partial charge in [0.15, 0.2) is 0 Å². The molecule has 2 aromatic heterocycles.